The molecule has 2 rings (SSSR count). The van der Waals surface area contributed by atoms with E-state index in [-0.39, 0.29) is 16.7 Å². The molecule has 0 aromatic heterocycles. The third-order valence-corrected chi connectivity index (χ3v) is 2.31. The van der Waals surface area contributed by atoms with Gasteiger partial charge in [0.1, 0.15) is 6.10 Å². The van der Waals surface area contributed by atoms with Crippen molar-refractivity contribution in [3.05, 3.63) is 33.4 Å². The molecule has 1 aliphatic rings. The van der Waals surface area contributed by atoms with Gasteiger partial charge in [-0.3, -0.25) is 10.1 Å². The van der Waals surface area contributed by atoms with E-state index in [1.165, 1.54) is 0 Å². The number of rotatable bonds is 1. The van der Waals surface area contributed by atoms with Gasteiger partial charge in [-0.05, 0) is 19.4 Å². The number of nitro groups is 1. The highest BCUT2D eigenvalue weighted by atomic mass is 16.6. The Morgan fingerprint density at radius 1 is 1.57 bits per heavy atom. The Balaban J connectivity index is 2.57. The van der Waals surface area contributed by atoms with E-state index in [4.69, 9.17) is 4.74 Å². The molecule has 0 aliphatic carbocycles. The number of hydrogen-bond acceptors (Lipinski definition) is 3. The minimum absolute atomic E-state index is 0.0468. The van der Waals surface area contributed by atoms with Crippen molar-refractivity contribution >= 4 is 5.69 Å². The fourth-order valence-electron chi connectivity index (χ4n) is 1.80. The van der Waals surface area contributed by atoms with Crippen molar-refractivity contribution < 1.29 is 9.66 Å². The van der Waals surface area contributed by atoms with Crippen molar-refractivity contribution in [2.24, 2.45) is 0 Å². The van der Waals surface area contributed by atoms with E-state index in [2.05, 4.69) is 0 Å². The van der Waals surface area contributed by atoms with Crippen molar-refractivity contribution in [2.75, 3.05) is 0 Å². The maximum Gasteiger partial charge on any atom is 0.311 e. The summed E-state index contributed by atoms with van der Waals surface area (Å²) in [6, 6.07) is 3.50. The molecule has 0 saturated carbocycles. The van der Waals surface area contributed by atoms with Gasteiger partial charge in [-0.25, -0.2) is 0 Å². The summed E-state index contributed by atoms with van der Waals surface area (Å²) in [5.41, 5.74) is 1.95. The van der Waals surface area contributed by atoms with Crippen LogP contribution < -0.4 is 4.74 Å². The zero-order chi connectivity index (χ0) is 10.3. The SMILES string of the molecule is Cc1cc2c(c([N+](=O)[O-])c1)O[C@@H](C)C2. The molecule has 0 radical (unpaired) electrons. The normalized spacial score (nSPS) is 18.9. The van der Waals surface area contributed by atoms with Gasteiger partial charge in [0.2, 0.25) is 5.75 Å². The fraction of sp³-hybridized carbons (Fsp3) is 0.400. The number of nitro benzene ring substituents is 1. The number of aryl methyl sites for hydroxylation is 1. The first kappa shape index (κ1) is 8.99. The Labute approximate surface area is 81.7 Å². The van der Waals surface area contributed by atoms with Crippen molar-refractivity contribution in [3.63, 3.8) is 0 Å². The number of nitrogens with zero attached hydrogens (tertiary/aromatic N) is 1. The average Bonchev–Trinajstić information content (AvgIpc) is 2.42. The van der Waals surface area contributed by atoms with E-state index in [0.29, 0.717) is 5.75 Å². The Hall–Kier alpha value is -1.58. The highest BCUT2D eigenvalue weighted by molar-refractivity contribution is 5.56. The predicted octanol–water partition coefficient (Wildman–Crippen LogP) is 2.23. The average molecular weight is 193 g/mol. The summed E-state index contributed by atoms with van der Waals surface area (Å²) >= 11 is 0. The molecule has 0 N–H and O–H groups in total. The number of benzene rings is 1. The minimum atomic E-state index is -0.385. The first-order valence-corrected chi connectivity index (χ1v) is 4.52. The van der Waals surface area contributed by atoms with Crippen LogP contribution >= 0.6 is 0 Å². The van der Waals surface area contributed by atoms with Crippen LogP contribution in [0.2, 0.25) is 0 Å². The molecule has 1 atom stereocenters. The van der Waals surface area contributed by atoms with E-state index in [1.807, 2.05) is 19.9 Å². The van der Waals surface area contributed by atoms with Gasteiger partial charge in [-0.15, -0.1) is 0 Å². The van der Waals surface area contributed by atoms with Crippen molar-refractivity contribution in [3.8, 4) is 5.75 Å². The molecule has 0 unspecified atom stereocenters. The van der Waals surface area contributed by atoms with Crippen molar-refractivity contribution in [1.82, 2.24) is 0 Å². The van der Waals surface area contributed by atoms with Crippen LogP contribution in [0.15, 0.2) is 12.1 Å². The van der Waals surface area contributed by atoms with E-state index in [0.717, 1.165) is 17.5 Å². The summed E-state index contributed by atoms with van der Waals surface area (Å²) in [6.45, 7) is 3.77. The third kappa shape index (κ3) is 1.32. The van der Waals surface area contributed by atoms with Crippen LogP contribution in [0.4, 0.5) is 5.69 Å². The standard InChI is InChI=1S/C10H11NO3/c1-6-3-8-5-7(2)14-10(8)9(4-6)11(12)13/h3-4,7H,5H2,1-2H3/t7-/m0/s1. The summed E-state index contributed by atoms with van der Waals surface area (Å²) in [5, 5.41) is 10.7. The molecule has 0 saturated heterocycles. The Morgan fingerprint density at radius 2 is 2.29 bits per heavy atom. The van der Waals surface area contributed by atoms with Crippen LogP contribution in [-0.2, 0) is 6.42 Å². The van der Waals surface area contributed by atoms with E-state index in [9.17, 15) is 10.1 Å². The first-order chi connectivity index (χ1) is 6.58. The lowest BCUT2D eigenvalue weighted by Gasteiger charge is -2.03. The molecule has 0 fully saturated rings. The Kier molecular flexibility index (Phi) is 1.91. The van der Waals surface area contributed by atoms with Gasteiger partial charge in [-0.1, -0.05) is 6.07 Å². The summed E-state index contributed by atoms with van der Waals surface area (Å²) in [4.78, 5) is 10.4. The second-order valence-electron chi connectivity index (χ2n) is 3.66. The number of fused-ring (bicyclic) bond motifs is 1. The van der Waals surface area contributed by atoms with Crippen LogP contribution in [0.25, 0.3) is 0 Å². The predicted molar refractivity (Wildman–Crippen MR) is 51.6 cm³/mol. The van der Waals surface area contributed by atoms with Crippen LogP contribution in [0.1, 0.15) is 18.1 Å². The summed E-state index contributed by atoms with van der Waals surface area (Å²) < 4.78 is 5.41. The molecule has 4 nitrogen and oxygen atoms in total. The van der Waals surface area contributed by atoms with Gasteiger partial charge in [0.15, 0.2) is 0 Å². The summed E-state index contributed by atoms with van der Waals surface area (Å²) in [7, 11) is 0. The topological polar surface area (TPSA) is 52.4 Å². The first-order valence-electron chi connectivity index (χ1n) is 4.52. The van der Waals surface area contributed by atoms with Crippen molar-refractivity contribution in [1.29, 1.82) is 0 Å². The maximum absolute atomic E-state index is 10.7. The number of hydrogen-bond donors (Lipinski definition) is 0. The van der Waals surface area contributed by atoms with Gasteiger partial charge in [-0.2, -0.15) is 0 Å². The Morgan fingerprint density at radius 3 is 2.93 bits per heavy atom. The monoisotopic (exact) mass is 193 g/mol. The highest BCUT2D eigenvalue weighted by Crippen LogP contribution is 2.38. The third-order valence-electron chi connectivity index (χ3n) is 2.31. The van der Waals surface area contributed by atoms with Crippen LogP contribution in [-0.4, -0.2) is 11.0 Å². The second-order valence-corrected chi connectivity index (χ2v) is 3.66. The molecular weight excluding hydrogens is 182 g/mol. The molecule has 0 spiro atoms. The summed E-state index contributed by atoms with van der Waals surface area (Å²) in [5.74, 6) is 0.452. The molecule has 1 aliphatic heterocycles. The maximum atomic E-state index is 10.7. The lowest BCUT2D eigenvalue weighted by molar-refractivity contribution is -0.385. The quantitative estimate of drug-likeness (QED) is 0.507. The number of ether oxygens (including phenoxy) is 1. The molecule has 74 valence electrons. The molecule has 14 heavy (non-hydrogen) atoms. The van der Waals surface area contributed by atoms with Crippen LogP contribution in [0.5, 0.6) is 5.75 Å². The lowest BCUT2D eigenvalue weighted by atomic mass is 10.1. The molecule has 4 heteroatoms. The second kappa shape index (κ2) is 2.97. The molecule has 0 bridgehead atoms. The summed E-state index contributed by atoms with van der Waals surface area (Å²) in [6.07, 6.45) is 0.809. The van der Waals surface area contributed by atoms with Crippen LogP contribution in [0, 0.1) is 17.0 Å². The zero-order valence-electron chi connectivity index (χ0n) is 8.11. The highest BCUT2D eigenvalue weighted by Gasteiger charge is 2.28. The van der Waals surface area contributed by atoms with Gasteiger partial charge >= 0.3 is 5.69 Å². The minimum Gasteiger partial charge on any atom is -0.483 e. The van der Waals surface area contributed by atoms with Gasteiger partial charge in [0, 0.05) is 18.1 Å². The molecular formula is C10H11NO3. The van der Waals surface area contributed by atoms with E-state index >= 15 is 0 Å². The molecule has 1 aromatic rings. The smallest absolute Gasteiger partial charge is 0.311 e. The van der Waals surface area contributed by atoms with Gasteiger partial charge in [0.05, 0.1) is 4.92 Å². The fourth-order valence-corrected chi connectivity index (χ4v) is 1.80. The van der Waals surface area contributed by atoms with Gasteiger partial charge < -0.3 is 4.74 Å². The zero-order valence-corrected chi connectivity index (χ0v) is 8.11. The molecule has 0 amide bonds. The molecule has 1 heterocycles. The lowest BCUT2D eigenvalue weighted by Crippen LogP contribution is -2.05. The van der Waals surface area contributed by atoms with Gasteiger partial charge in [0.25, 0.3) is 0 Å². The van der Waals surface area contributed by atoms with Crippen molar-refractivity contribution in [2.45, 2.75) is 26.4 Å². The molecule has 1 aromatic carbocycles. The van der Waals surface area contributed by atoms with E-state index in [1.54, 1.807) is 6.07 Å². The van der Waals surface area contributed by atoms with E-state index < -0.39 is 0 Å². The van der Waals surface area contributed by atoms with Crippen LogP contribution in [0.3, 0.4) is 0 Å². The Bertz CT molecular complexity index is 401. The largest absolute Gasteiger partial charge is 0.483 e.